The van der Waals surface area contributed by atoms with Gasteiger partial charge in [0, 0.05) is 30.7 Å². The van der Waals surface area contributed by atoms with Gasteiger partial charge in [-0.05, 0) is 63.4 Å². The summed E-state index contributed by atoms with van der Waals surface area (Å²) in [6, 6.07) is 16.9. The Labute approximate surface area is 207 Å². The van der Waals surface area contributed by atoms with Crippen LogP contribution in [0.1, 0.15) is 39.2 Å². The number of carbonyl (C=O) groups excluding carboxylic acids is 2. The van der Waals surface area contributed by atoms with Crippen molar-refractivity contribution < 1.29 is 22.7 Å². The Morgan fingerprint density at radius 1 is 0.971 bits per heavy atom. The molecule has 9 heteroatoms. The minimum absolute atomic E-state index is 0.0129. The largest absolute Gasteiger partial charge is 0.444 e. The van der Waals surface area contributed by atoms with Crippen molar-refractivity contribution in [3.63, 3.8) is 0 Å². The number of hydrogen-bond acceptors (Lipinski definition) is 6. The van der Waals surface area contributed by atoms with Gasteiger partial charge in [0.05, 0.1) is 12.4 Å². The highest BCUT2D eigenvalue weighted by Gasteiger charge is 2.54. The quantitative estimate of drug-likeness (QED) is 0.636. The Bertz CT molecular complexity index is 1180. The van der Waals surface area contributed by atoms with Crippen LogP contribution in [-0.2, 0) is 25.1 Å². The zero-order valence-electron chi connectivity index (χ0n) is 20.7. The molecule has 188 valence electrons. The fraction of sp³-hybridized carbons (Fsp3) is 0.462. The molecule has 2 aromatic carbocycles. The van der Waals surface area contributed by atoms with Crippen molar-refractivity contribution in [3.05, 3.63) is 60.2 Å². The second kappa shape index (κ2) is 9.18. The highest BCUT2D eigenvalue weighted by Crippen LogP contribution is 2.41. The first-order valence-electron chi connectivity index (χ1n) is 11.8. The number of carbonyl (C=O) groups is 2. The Morgan fingerprint density at radius 3 is 2.11 bits per heavy atom. The normalized spacial score (nSPS) is 18.3. The second-order valence-corrected chi connectivity index (χ2v) is 12.5. The third-order valence-electron chi connectivity index (χ3n) is 6.43. The van der Waals surface area contributed by atoms with Crippen molar-refractivity contribution in [2.24, 2.45) is 0 Å². The standard InChI is InChI=1S/C26H33N3O5S/c1-25(2,3)34-24(31)27-16-14-26(15-17-27)23(30)28(19-29(26)22-8-6-5-7-9-22)21-12-10-20(11-13-21)18-35(4,32)33/h5-13H,14-19H2,1-4H3. The number of rotatable bonds is 4. The molecule has 1 spiro atoms. The maximum atomic E-state index is 13.9. The zero-order valence-corrected chi connectivity index (χ0v) is 21.5. The van der Waals surface area contributed by atoms with Gasteiger partial charge in [-0.25, -0.2) is 13.2 Å². The van der Waals surface area contributed by atoms with Gasteiger partial charge >= 0.3 is 6.09 Å². The molecular weight excluding hydrogens is 466 g/mol. The number of para-hydroxylation sites is 1. The number of benzene rings is 2. The van der Waals surface area contributed by atoms with Crippen molar-refractivity contribution in [2.75, 3.05) is 35.8 Å². The summed E-state index contributed by atoms with van der Waals surface area (Å²) in [6.07, 6.45) is 1.82. The summed E-state index contributed by atoms with van der Waals surface area (Å²) < 4.78 is 28.8. The van der Waals surface area contributed by atoms with Crippen LogP contribution in [-0.4, -0.2) is 62.5 Å². The molecule has 0 saturated carbocycles. The lowest BCUT2D eigenvalue weighted by Gasteiger charge is -2.43. The molecule has 4 rings (SSSR count). The van der Waals surface area contributed by atoms with Crippen LogP contribution < -0.4 is 9.80 Å². The first kappa shape index (κ1) is 25.0. The van der Waals surface area contributed by atoms with E-state index >= 15 is 0 Å². The summed E-state index contributed by atoms with van der Waals surface area (Å²) in [7, 11) is -3.14. The van der Waals surface area contributed by atoms with E-state index in [0.717, 1.165) is 11.4 Å². The summed E-state index contributed by atoms with van der Waals surface area (Å²) in [4.78, 5) is 32.1. The van der Waals surface area contributed by atoms with E-state index in [2.05, 4.69) is 4.90 Å². The number of anilines is 2. The Morgan fingerprint density at radius 2 is 1.57 bits per heavy atom. The van der Waals surface area contributed by atoms with Crippen molar-refractivity contribution in [1.82, 2.24) is 4.90 Å². The van der Waals surface area contributed by atoms with Crippen LogP contribution in [0.3, 0.4) is 0 Å². The molecule has 0 atom stereocenters. The first-order chi connectivity index (χ1) is 16.4. The Hall–Kier alpha value is -3.07. The van der Waals surface area contributed by atoms with Gasteiger partial charge in [0.15, 0.2) is 9.84 Å². The molecule has 2 aromatic rings. The summed E-state index contributed by atoms with van der Waals surface area (Å²) in [5, 5.41) is 0. The molecule has 0 unspecified atom stereocenters. The molecule has 0 bridgehead atoms. The Balaban J connectivity index is 1.60. The molecule has 35 heavy (non-hydrogen) atoms. The number of sulfone groups is 1. The third-order valence-corrected chi connectivity index (χ3v) is 7.29. The van der Waals surface area contributed by atoms with Gasteiger partial charge in [-0.3, -0.25) is 9.69 Å². The summed E-state index contributed by atoms with van der Waals surface area (Å²) in [5.74, 6) is -0.0528. The van der Waals surface area contributed by atoms with Crippen molar-refractivity contribution in [2.45, 2.75) is 50.5 Å². The highest BCUT2D eigenvalue weighted by atomic mass is 32.2. The molecule has 2 saturated heterocycles. The highest BCUT2D eigenvalue weighted by molar-refractivity contribution is 7.89. The minimum atomic E-state index is -3.14. The van der Waals surface area contributed by atoms with E-state index in [-0.39, 0.29) is 17.8 Å². The SMILES string of the molecule is CC(C)(C)OC(=O)N1CCC2(CC1)C(=O)N(c1ccc(CS(C)(=O)=O)cc1)CN2c1ccccc1. The van der Waals surface area contributed by atoms with Crippen molar-refractivity contribution in [3.8, 4) is 0 Å². The molecule has 2 aliphatic heterocycles. The van der Waals surface area contributed by atoms with Crippen LogP contribution in [0.4, 0.5) is 16.2 Å². The predicted octanol–water partition coefficient (Wildman–Crippen LogP) is 3.81. The fourth-order valence-electron chi connectivity index (χ4n) is 4.79. The van der Waals surface area contributed by atoms with Gasteiger partial charge < -0.3 is 14.5 Å². The van der Waals surface area contributed by atoms with Crippen LogP contribution in [0.15, 0.2) is 54.6 Å². The summed E-state index contributed by atoms with van der Waals surface area (Å²) >= 11 is 0. The molecule has 0 radical (unpaired) electrons. The van der Waals surface area contributed by atoms with E-state index < -0.39 is 21.0 Å². The lowest BCUT2D eigenvalue weighted by atomic mass is 9.85. The van der Waals surface area contributed by atoms with Crippen LogP contribution >= 0.6 is 0 Å². The van der Waals surface area contributed by atoms with E-state index in [1.54, 1.807) is 34.1 Å². The van der Waals surface area contributed by atoms with E-state index in [1.165, 1.54) is 6.26 Å². The number of nitrogens with zero attached hydrogens (tertiary/aromatic N) is 3. The summed E-state index contributed by atoms with van der Waals surface area (Å²) in [5.41, 5.74) is 1.00. The van der Waals surface area contributed by atoms with Gasteiger partial charge in [-0.1, -0.05) is 30.3 Å². The minimum Gasteiger partial charge on any atom is -0.444 e. The molecule has 0 aromatic heterocycles. The number of ether oxygens (including phenoxy) is 1. The number of hydrogen-bond donors (Lipinski definition) is 0. The van der Waals surface area contributed by atoms with Crippen molar-refractivity contribution in [1.29, 1.82) is 0 Å². The smallest absolute Gasteiger partial charge is 0.410 e. The third kappa shape index (κ3) is 5.45. The average molecular weight is 500 g/mol. The fourth-order valence-corrected chi connectivity index (χ4v) is 5.59. The van der Waals surface area contributed by atoms with Gasteiger partial charge in [-0.2, -0.15) is 0 Å². The van der Waals surface area contributed by atoms with E-state index in [0.29, 0.717) is 38.2 Å². The first-order valence-corrected chi connectivity index (χ1v) is 13.8. The van der Waals surface area contributed by atoms with E-state index in [4.69, 9.17) is 4.74 Å². The molecule has 0 N–H and O–H groups in total. The Kier molecular flexibility index (Phi) is 6.57. The van der Waals surface area contributed by atoms with Crippen LogP contribution in [0, 0.1) is 0 Å². The molecule has 0 aliphatic carbocycles. The topological polar surface area (TPSA) is 87.2 Å². The van der Waals surface area contributed by atoms with E-state index in [9.17, 15) is 18.0 Å². The van der Waals surface area contributed by atoms with Crippen LogP contribution in [0.2, 0.25) is 0 Å². The molecule has 2 aliphatic rings. The number of likely N-dealkylation sites (tertiary alicyclic amines) is 1. The van der Waals surface area contributed by atoms with Crippen LogP contribution in [0.5, 0.6) is 0 Å². The number of piperidine rings is 1. The number of amides is 2. The lowest BCUT2D eigenvalue weighted by Crippen LogP contribution is -2.57. The molecule has 2 heterocycles. The van der Waals surface area contributed by atoms with E-state index in [1.807, 2.05) is 51.1 Å². The van der Waals surface area contributed by atoms with Gasteiger partial charge in [0.1, 0.15) is 11.1 Å². The molecule has 2 amide bonds. The van der Waals surface area contributed by atoms with Gasteiger partial charge in [0.25, 0.3) is 5.91 Å². The van der Waals surface area contributed by atoms with Crippen LogP contribution in [0.25, 0.3) is 0 Å². The zero-order chi connectivity index (χ0) is 25.4. The molecule has 2 fully saturated rings. The molecule has 8 nitrogen and oxygen atoms in total. The molecular formula is C26H33N3O5S. The van der Waals surface area contributed by atoms with Crippen molar-refractivity contribution >= 4 is 33.2 Å². The predicted molar refractivity (Wildman–Crippen MR) is 136 cm³/mol. The maximum absolute atomic E-state index is 13.9. The summed E-state index contributed by atoms with van der Waals surface area (Å²) in [6.45, 7) is 6.74. The monoisotopic (exact) mass is 499 g/mol. The van der Waals surface area contributed by atoms with Gasteiger partial charge in [-0.15, -0.1) is 0 Å². The van der Waals surface area contributed by atoms with Gasteiger partial charge in [0.2, 0.25) is 0 Å². The second-order valence-electron chi connectivity index (χ2n) is 10.4. The lowest BCUT2D eigenvalue weighted by molar-refractivity contribution is -0.123. The average Bonchev–Trinajstić information content (AvgIpc) is 3.05. The maximum Gasteiger partial charge on any atom is 0.410 e.